The number of ether oxygens (including phenoxy) is 1. The molecule has 112 valence electrons. The molecule has 5 heteroatoms. The lowest BCUT2D eigenvalue weighted by Gasteiger charge is -2.13. The van der Waals surface area contributed by atoms with Crippen LogP contribution in [0.5, 0.6) is 5.75 Å². The molecule has 0 unspecified atom stereocenters. The predicted molar refractivity (Wildman–Crippen MR) is 85.0 cm³/mol. The topological polar surface area (TPSA) is 51.2 Å². The molecule has 1 N–H and O–H groups in total. The molecule has 0 radical (unpaired) electrons. The molecule has 0 saturated heterocycles. The van der Waals surface area contributed by atoms with E-state index in [0.29, 0.717) is 17.9 Å². The van der Waals surface area contributed by atoms with Crippen molar-refractivity contribution in [3.63, 3.8) is 0 Å². The van der Waals surface area contributed by atoms with E-state index in [1.165, 1.54) is 0 Å². The van der Waals surface area contributed by atoms with Gasteiger partial charge < -0.3 is 10.1 Å². The van der Waals surface area contributed by atoms with E-state index in [1.54, 1.807) is 30.5 Å². The number of rotatable bonds is 4. The van der Waals surface area contributed by atoms with Crippen molar-refractivity contribution in [3.8, 4) is 5.75 Å². The van der Waals surface area contributed by atoms with E-state index in [1.807, 2.05) is 17.5 Å². The Morgan fingerprint density at radius 3 is 2.76 bits per heavy atom. The molecule has 2 rings (SSSR count). The summed E-state index contributed by atoms with van der Waals surface area (Å²) < 4.78 is 5.72. The Bertz CT molecular complexity index is 629. The third kappa shape index (κ3) is 4.04. The predicted octanol–water partition coefficient (Wildman–Crippen LogP) is 3.38. The first-order valence-corrected chi connectivity index (χ1v) is 7.68. The molecule has 0 fully saturated rings. The maximum Gasteiger partial charge on any atom is 0.251 e. The first kappa shape index (κ1) is 15.5. The quantitative estimate of drug-likeness (QED) is 0.942. The molecule has 0 spiro atoms. The minimum atomic E-state index is -0.121. The van der Waals surface area contributed by atoms with Crippen LogP contribution in [0.25, 0.3) is 0 Å². The summed E-state index contributed by atoms with van der Waals surface area (Å²) in [5.41, 5.74) is 1.56. The van der Waals surface area contributed by atoms with Crippen molar-refractivity contribution in [2.75, 3.05) is 7.05 Å². The van der Waals surface area contributed by atoms with Crippen molar-refractivity contribution in [2.24, 2.45) is 0 Å². The van der Waals surface area contributed by atoms with Crippen molar-refractivity contribution < 1.29 is 9.53 Å². The molecule has 21 heavy (non-hydrogen) atoms. The highest BCUT2D eigenvalue weighted by Gasteiger charge is 2.18. The number of nitrogens with one attached hydrogen (secondary N) is 1. The van der Waals surface area contributed by atoms with E-state index >= 15 is 0 Å². The van der Waals surface area contributed by atoms with E-state index in [2.05, 4.69) is 31.1 Å². The van der Waals surface area contributed by atoms with E-state index in [0.717, 1.165) is 10.7 Å². The molecule has 0 atom stereocenters. The van der Waals surface area contributed by atoms with Gasteiger partial charge in [0.25, 0.3) is 5.91 Å². The van der Waals surface area contributed by atoms with Crippen LogP contribution < -0.4 is 10.1 Å². The Balaban J connectivity index is 2.03. The van der Waals surface area contributed by atoms with Gasteiger partial charge in [-0.15, -0.1) is 11.3 Å². The highest BCUT2D eigenvalue weighted by Crippen LogP contribution is 2.26. The summed E-state index contributed by atoms with van der Waals surface area (Å²) in [6.07, 6.45) is 0. The molecule has 0 aliphatic heterocycles. The summed E-state index contributed by atoms with van der Waals surface area (Å²) in [5.74, 6) is 0.547. The van der Waals surface area contributed by atoms with Crippen LogP contribution in [-0.2, 0) is 12.0 Å². The zero-order valence-electron chi connectivity index (χ0n) is 12.8. The fraction of sp³-hybridized carbons (Fsp3) is 0.375. The van der Waals surface area contributed by atoms with Crippen molar-refractivity contribution >= 4 is 17.2 Å². The lowest BCUT2D eigenvalue weighted by atomic mass is 9.98. The average Bonchev–Trinajstić information content (AvgIpc) is 2.93. The van der Waals surface area contributed by atoms with Gasteiger partial charge in [-0.1, -0.05) is 26.8 Å². The van der Waals surface area contributed by atoms with E-state index < -0.39 is 0 Å². The van der Waals surface area contributed by atoms with Crippen molar-refractivity contribution in [2.45, 2.75) is 32.8 Å². The number of carbonyl (C=O) groups is 1. The van der Waals surface area contributed by atoms with Crippen molar-refractivity contribution in [1.29, 1.82) is 0 Å². The van der Waals surface area contributed by atoms with Crippen LogP contribution in [0.4, 0.5) is 0 Å². The van der Waals surface area contributed by atoms with Gasteiger partial charge in [-0.05, 0) is 18.2 Å². The highest BCUT2D eigenvalue weighted by atomic mass is 32.1. The molecule has 0 bridgehead atoms. The third-order valence-electron chi connectivity index (χ3n) is 2.90. The first-order chi connectivity index (χ1) is 9.90. The molecule has 0 aliphatic carbocycles. The van der Waals surface area contributed by atoms with Gasteiger partial charge in [-0.3, -0.25) is 4.79 Å². The summed E-state index contributed by atoms with van der Waals surface area (Å²) >= 11 is 1.65. The minimum Gasteiger partial charge on any atom is -0.487 e. The molecule has 2 aromatic rings. The second-order valence-corrected chi connectivity index (χ2v) is 6.65. The Kier molecular flexibility index (Phi) is 4.63. The second-order valence-electron chi connectivity index (χ2n) is 5.79. The van der Waals surface area contributed by atoms with Crippen molar-refractivity contribution in [3.05, 3.63) is 45.9 Å². The summed E-state index contributed by atoms with van der Waals surface area (Å²) in [6, 6.07) is 7.13. The van der Waals surface area contributed by atoms with Crippen LogP contribution in [-0.4, -0.2) is 17.9 Å². The summed E-state index contributed by atoms with van der Waals surface area (Å²) in [5, 5.41) is 5.71. The second kappa shape index (κ2) is 6.26. The van der Waals surface area contributed by atoms with Crippen LogP contribution in [0.2, 0.25) is 0 Å². The van der Waals surface area contributed by atoms with Gasteiger partial charge in [0, 0.05) is 23.4 Å². The maximum atomic E-state index is 11.6. The van der Waals surface area contributed by atoms with E-state index in [4.69, 9.17) is 4.74 Å². The average molecular weight is 304 g/mol. The zero-order chi connectivity index (χ0) is 15.5. The first-order valence-electron chi connectivity index (χ1n) is 6.80. The van der Waals surface area contributed by atoms with Gasteiger partial charge in [0.2, 0.25) is 0 Å². The number of hydrogen-bond acceptors (Lipinski definition) is 4. The molecule has 0 saturated carbocycles. The standard InChI is InChI=1S/C16H20N2O2S/c1-16(2,3)15-18-12(10-21-15)9-20-13-7-5-6-11(8-13)14(19)17-4/h5-8,10H,9H2,1-4H3,(H,17,19). The number of nitrogens with zero attached hydrogens (tertiary/aromatic N) is 1. The van der Waals surface area contributed by atoms with Crippen LogP contribution in [0.1, 0.15) is 41.8 Å². The van der Waals surface area contributed by atoms with E-state index in [9.17, 15) is 4.79 Å². The summed E-state index contributed by atoms with van der Waals surface area (Å²) in [4.78, 5) is 16.2. The third-order valence-corrected chi connectivity index (χ3v) is 4.22. The van der Waals surface area contributed by atoms with Gasteiger partial charge in [0.1, 0.15) is 12.4 Å². The normalized spacial score (nSPS) is 11.2. The SMILES string of the molecule is CNC(=O)c1cccc(OCc2csc(C(C)(C)C)n2)c1. The molecule has 1 aromatic heterocycles. The van der Waals surface area contributed by atoms with Gasteiger partial charge in [0.15, 0.2) is 0 Å². The smallest absolute Gasteiger partial charge is 0.251 e. The summed E-state index contributed by atoms with van der Waals surface area (Å²) in [7, 11) is 1.61. The van der Waals surface area contributed by atoms with Gasteiger partial charge in [-0.25, -0.2) is 4.98 Å². The molecule has 4 nitrogen and oxygen atoms in total. The molecule has 1 amide bonds. The lowest BCUT2D eigenvalue weighted by molar-refractivity contribution is 0.0962. The van der Waals surface area contributed by atoms with Crippen LogP contribution >= 0.6 is 11.3 Å². The van der Waals surface area contributed by atoms with Gasteiger partial charge >= 0.3 is 0 Å². The van der Waals surface area contributed by atoms with Crippen LogP contribution in [0.3, 0.4) is 0 Å². The minimum absolute atomic E-state index is 0.0576. The number of thiazole rings is 1. The molecule has 0 aliphatic rings. The Labute approximate surface area is 129 Å². The van der Waals surface area contributed by atoms with Crippen LogP contribution in [0, 0.1) is 0 Å². The molecule has 1 aromatic carbocycles. The molecular weight excluding hydrogens is 284 g/mol. The number of aromatic nitrogens is 1. The fourth-order valence-corrected chi connectivity index (χ4v) is 2.64. The lowest BCUT2D eigenvalue weighted by Crippen LogP contribution is -2.17. The number of amides is 1. The summed E-state index contributed by atoms with van der Waals surface area (Å²) in [6.45, 7) is 6.83. The zero-order valence-corrected chi connectivity index (χ0v) is 13.6. The largest absolute Gasteiger partial charge is 0.487 e. The Hall–Kier alpha value is -1.88. The Morgan fingerprint density at radius 2 is 2.14 bits per heavy atom. The van der Waals surface area contributed by atoms with E-state index in [-0.39, 0.29) is 11.3 Å². The number of carbonyl (C=O) groups excluding carboxylic acids is 1. The van der Waals surface area contributed by atoms with Gasteiger partial charge in [0.05, 0.1) is 10.7 Å². The van der Waals surface area contributed by atoms with Gasteiger partial charge in [-0.2, -0.15) is 0 Å². The molecule has 1 heterocycles. The maximum absolute atomic E-state index is 11.6. The number of benzene rings is 1. The van der Waals surface area contributed by atoms with Crippen LogP contribution in [0.15, 0.2) is 29.6 Å². The highest BCUT2D eigenvalue weighted by molar-refractivity contribution is 7.09. The van der Waals surface area contributed by atoms with Crippen molar-refractivity contribution in [1.82, 2.24) is 10.3 Å². The monoisotopic (exact) mass is 304 g/mol. The fourth-order valence-electron chi connectivity index (χ4n) is 1.75. The Morgan fingerprint density at radius 1 is 1.38 bits per heavy atom. The number of hydrogen-bond donors (Lipinski definition) is 1. The molecular formula is C16H20N2O2S.